The molecule has 0 nitrogen and oxygen atoms in total. The first kappa shape index (κ1) is 25.7. The standard InChI is InChI=1S/C31H42F2/c1-5-12-24-20-26(25-14-9-8-10-15-25)22-31(21-24,18-6-2)19-11-13-23(4)28-16-17-29(32)30(33)27(28)7-3/h8-10,14-17,24,26H,4-7,11-13,18-22H2,1-3H3. The molecule has 0 aromatic heterocycles. The minimum Gasteiger partial charge on any atom is -0.204 e. The van der Waals surface area contributed by atoms with Crippen molar-refractivity contribution in [2.24, 2.45) is 11.3 Å². The predicted octanol–water partition coefficient (Wildman–Crippen LogP) is 9.88. The van der Waals surface area contributed by atoms with Gasteiger partial charge in [-0.25, -0.2) is 8.78 Å². The molecule has 1 aliphatic carbocycles. The van der Waals surface area contributed by atoms with Crippen molar-refractivity contribution in [1.82, 2.24) is 0 Å². The van der Waals surface area contributed by atoms with E-state index in [9.17, 15) is 8.78 Å². The quantitative estimate of drug-likeness (QED) is 0.318. The SMILES string of the molecule is C=C(CCCC1(CCC)CC(CCC)CC(c2ccccc2)C1)c1ccc(F)c(F)c1CC. The molecular weight excluding hydrogens is 410 g/mol. The average molecular weight is 453 g/mol. The second kappa shape index (κ2) is 12.0. The van der Waals surface area contributed by atoms with Crippen LogP contribution in [0.2, 0.25) is 0 Å². The Morgan fingerprint density at radius 2 is 1.73 bits per heavy atom. The average Bonchev–Trinajstić information content (AvgIpc) is 2.81. The highest BCUT2D eigenvalue weighted by molar-refractivity contribution is 5.66. The fourth-order valence-electron chi connectivity index (χ4n) is 6.54. The lowest BCUT2D eigenvalue weighted by Gasteiger charge is -2.45. The molecule has 2 aromatic carbocycles. The summed E-state index contributed by atoms with van der Waals surface area (Å²) in [5.74, 6) is -0.0360. The molecule has 180 valence electrons. The van der Waals surface area contributed by atoms with Gasteiger partial charge in [-0.15, -0.1) is 0 Å². The normalized spacial score (nSPS) is 22.9. The number of halogens is 2. The molecule has 0 bridgehead atoms. The lowest BCUT2D eigenvalue weighted by Crippen LogP contribution is -2.33. The summed E-state index contributed by atoms with van der Waals surface area (Å²) in [6, 6.07) is 14.1. The molecule has 0 heterocycles. The molecule has 33 heavy (non-hydrogen) atoms. The van der Waals surface area contributed by atoms with Crippen molar-refractivity contribution in [3.05, 3.63) is 77.4 Å². The van der Waals surface area contributed by atoms with Crippen LogP contribution in [0.15, 0.2) is 49.0 Å². The summed E-state index contributed by atoms with van der Waals surface area (Å²) in [5.41, 5.74) is 4.08. The van der Waals surface area contributed by atoms with Gasteiger partial charge in [-0.05, 0) is 96.9 Å². The van der Waals surface area contributed by atoms with Crippen molar-refractivity contribution in [3.63, 3.8) is 0 Å². The Morgan fingerprint density at radius 1 is 0.970 bits per heavy atom. The Kier molecular flexibility index (Phi) is 9.29. The minimum atomic E-state index is -0.763. The molecule has 0 radical (unpaired) electrons. The van der Waals surface area contributed by atoms with Gasteiger partial charge in [0.05, 0.1) is 0 Å². The predicted molar refractivity (Wildman–Crippen MR) is 137 cm³/mol. The molecule has 0 aliphatic heterocycles. The fraction of sp³-hybridized carbons (Fsp3) is 0.548. The van der Waals surface area contributed by atoms with Gasteiger partial charge in [-0.2, -0.15) is 0 Å². The summed E-state index contributed by atoms with van der Waals surface area (Å²) in [5, 5.41) is 0. The van der Waals surface area contributed by atoms with E-state index in [1.165, 1.54) is 63.0 Å². The van der Waals surface area contributed by atoms with Crippen LogP contribution in [-0.4, -0.2) is 0 Å². The van der Waals surface area contributed by atoms with Crippen LogP contribution in [0.4, 0.5) is 8.78 Å². The first-order valence-corrected chi connectivity index (χ1v) is 13.1. The Morgan fingerprint density at radius 3 is 2.39 bits per heavy atom. The Labute approximate surface area is 200 Å². The largest absolute Gasteiger partial charge is 0.204 e. The fourth-order valence-corrected chi connectivity index (χ4v) is 6.54. The van der Waals surface area contributed by atoms with Crippen LogP contribution in [0.5, 0.6) is 0 Å². The second-order valence-electron chi connectivity index (χ2n) is 10.4. The van der Waals surface area contributed by atoms with Gasteiger partial charge in [0.2, 0.25) is 0 Å². The van der Waals surface area contributed by atoms with Crippen LogP contribution in [0.3, 0.4) is 0 Å². The third-order valence-corrected chi connectivity index (χ3v) is 7.88. The van der Waals surface area contributed by atoms with Gasteiger partial charge in [-0.1, -0.05) is 83.0 Å². The van der Waals surface area contributed by atoms with Crippen molar-refractivity contribution in [2.45, 2.75) is 97.3 Å². The van der Waals surface area contributed by atoms with Crippen molar-refractivity contribution in [3.8, 4) is 0 Å². The first-order valence-electron chi connectivity index (χ1n) is 13.1. The van der Waals surface area contributed by atoms with Crippen molar-refractivity contribution in [2.75, 3.05) is 0 Å². The van der Waals surface area contributed by atoms with Crippen LogP contribution in [-0.2, 0) is 6.42 Å². The summed E-state index contributed by atoms with van der Waals surface area (Å²) < 4.78 is 28.0. The molecule has 1 fully saturated rings. The number of benzene rings is 2. The topological polar surface area (TPSA) is 0 Å². The van der Waals surface area contributed by atoms with E-state index in [-0.39, 0.29) is 0 Å². The van der Waals surface area contributed by atoms with Crippen LogP contribution in [0.25, 0.3) is 5.57 Å². The third-order valence-electron chi connectivity index (χ3n) is 7.88. The lowest BCUT2D eigenvalue weighted by atomic mass is 9.59. The maximum atomic E-state index is 14.3. The molecule has 2 aromatic rings. The highest BCUT2D eigenvalue weighted by atomic mass is 19.2. The Balaban J connectivity index is 1.74. The summed E-state index contributed by atoms with van der Waals surface area (Å²) in [7, 11) is 0. The smallest absolute Gasteiger partial charge is 0.162 e. The lowest BCUT2D eigenvalue weighted by molar-refractivity contribution is 0.0894. The molecule has 0 N–H and O–H groups in total. The van der Waals surface area contributed by atoms with Gasteiger partial charge >= 0.3 is 0 Å². The summed E-state index contributed by atoms with van der Waals surface area (Å²) >= 11 is 0. The van der Waals surface area contributed by atoms with Crippen LogP contribution in [0, 0.1) is 23.0 Å². The monoisotopic (exact) mass is 452 g/mol. The molecule has 0 spiro atoms. The molecule has 1 aliphatic rings. The van der Waals surface area contributed by atoms with E-state index < -0.39 is 11.6 Å². The zero-order chi connectivity index (χ0) is 23.8. The van der Waals surface area contributed by atoms with Gasteiger partial charge in [0.25, 0.3) is 0 Å². The van der Waals surface area contributed by atoms with Crippen molar-refractivity contribution < 1.29 is 8.78 Å². The van der Waals surface area contributed by atoms with E-state index in [0.29, 0.717) is 23.3 Å². The van der Waals surface area contributed by atoms with Crippen LogP contribution in [0.1, 0.15) is 108 Å². The van der Waals surface area contributed by atoms with Gasteiger partial charge < -0.3 is 0 Å². The summed E-state index contributed by atoms with van der Waals surface area (Å²) in [4.78, 5) is 0. The van der Waals surface area contributed by atoms with Crippen molar-refractivity contribution >= 4 is 5.57 Å². The van der Waals surface area contributed by atoms with E-state index in [0.717, 1.165) is 29.9 Å². The Bertz CT molecular complexity index is 901. The number of hydrogen-bond donors (Lipinski definition) is 0. The van der Waals surface area contributed by atoms with E-state index in [1.54, 1.807) is 6.07 Å². The van der Waals surface area contributed by atoms with E-state index in [2.05, 4.69) is 50.8 Å². The second-order valence-corrected chi connectivity index (χ2v) is 10.4. The molecule has 3 atom stereocenters. The van der Waals surface area contributed by atoms with E-state index >= 15 is 0 Å². The zero-order valence-electron chi connectivity index (χ0n) is 20.9. The Hall–Kier alpha value is -1.96. The molecule has 3 unspecified atom stereocenters. The van der Waals surface area contributed by atoms with Gasteiger partial charge in [-0.3, -0.25) is 0 Å². The maximum absolute atomic E-state index is 14.3. The first-order chi connectivity index (χ1) is 15.9. The highest BCUT2D eigenvalue weighted by Gasteiger charge is 2.39. The van der Waals surface area contributed by atoms with Crippen LogP contribution < -0.4 is 0 Å². The molecular formula is C31H42F2. The number of hydrogen-bond acceptors (Lipinski definition) is 0. The molecule has 2 heteroatoms. The molecule has 1 saturated carbocycles. The molecule has 0 amide bonds. The number of rotatable bonds is 11. The summed E-state index contributed by atoms with van der Waals surface area (Å²) in [6.45, 7) is 10.8. The molecule has 0 saturated heterocycles. The summed E-state index contributed by atoms with van der Waals surface area (Å²) in [6.07, 6.45) is 12.5. The van der Waals surface area contributed by atoms with Gasteiger partial charge in [0.1, 0.15) is 0 Å². The molecule has 3 rings (SSSR count). The van der Waals surface area contributed by atoms with E-state index in [4.69, 9.17) is 0 Å². The highest BCUT2D eigenvalue weighted by Crippen LogP contribution is 2.53. The third kappa shape index (κ3) is 6.34. The van der Waals surface area contributed by atoms with Crippen molar-refractivity contribution in [1.29, 1.82) is 0 Å². The maximum Gasteiger partial charge on any atom is 0.162 e. The minimum absolute atomic E-state index is 0.370. The van der Waals surface area contributed by atoms with Gasteiger partial charge in [0, 0.05) is 0 Å². The van der Waals surface area contributed by atoms with Crippen LogP contribution >= 0.6 is 0 Å². The van der Waals surface area contributed by atoms with E-state index in [1.807, 2.05) is 6.92 Å². The number of allylic oxidation sites excluding steroid dienone is 1. The zero-order valence-corrected chi connectivity index (χ0v) is 20.9. The van der Waals surface area contributed by atoms with Gasteiger partial charge in [0.15, 0.2) is 11.6 Å².